The zero-order valence-electron chi connectivity index (χ0n) is 5.63. The van der Waals surface area contributed by atoms with Crippen molar-refractivity contribution in [3.8, 4) is 0 Å². The molecule has 1 N–H and O–H groups in total. The molecule has 1 atom stereocenters. The molecule has 0 aromatic heterocycles. The van der Waals surface area contributed by atoms with Gasteiger partial charge in [-0.2, -0.15) is 4.52 Å². The minimum absolute atomic E-state index is 1.42. The van der Waals surface area contributed by atoms with Gasteiger partial charge in [0.15, 0.2) is 6.56 Å². The smallest absolute Gasteiger partial charge is 0.284 e. The lowest BCUT2D eigenvalue weighted by Crippen LogP contribution is -1.54. The standard InChI is InChI=1S/CH4Cl5N3P3/c1-11(4,7)9-12(5,6)8-10(2)3/h7H,1H3/q+1. The molecular formula is CH4Cl5N3P3+. The normalized spacial score (nSPS) is 16.5. The van der Waals surface area contributed by atoms with Gasteiger partial charge >= 0.3 is 12.3 Å². The van der Waals surface area contributed by atoms with Crippen molar-refractivity contribution in [1.82, 2.24) is 0 Å². The predicted molar refractivity (Wildman–Crippen MR) is 63.5 cm³/mol. The zero-order chi connectivity index (χ0) is 9.99. The van der Waals surface area contributed by atoms with Gasteiger partial charge in [-0.25, -0.2) is 0 Å². The van der Waals surface area contributed by atoms with Crippen LogP contribution in [0.3, 0.4) is 0 Å². The van der Waals surface area contributed by atoms with Crippen molar-refractivity contribution in [2.24, 2.45) is 9.03 Å². The summed E-state index contributed by atoms with van der Waals surface area (Å²) in [4.78, 5) is 0. The summed E-state index contributed by atoms with van der Waals surface area (Å²) >= 11 is 27.5. The van der Waals surface area contributed by atoms with E-state index >= 15 is 0 Å². The van der Waals surface area contributed by atoms with Gasteiger partial charge in [0.1, 0.15) is 0 Å². The van der Waals surface area contributed by atoms with Crippen LogP contribution in [-0.2, 0) is 0 Å². The summed E-state index contributed by atoms with van der Waals surface area (Å²) in [5.41, 5.74) is 0. The third kappa shape index (κ3) is 8.60. The maximum Gasteiger partial charge on any atom is 0.446 e. The van der Waals surface area contributed by atoms with Crippen LogP contribution in [0.2, 0.25) is 0 Å². The largest absolute Gasteiger partial charge is 0.446 e. The van der Waals surface area contributed by atoms with Gasteiger partial charge in [-0.1, -0.05) is 11.2 Å². The molecule has 0 saturated carbocycles. The van der Waals surface area contributed by atoms with Gasteiger partial charge in [0, 0.05) is 6.66 Å². The molecular weight excluding hydrogens is 324 g/mol. The average Bonchev–Trinajstić information content (AvgIpc) is 1.48. The molecule has 0 aliphatic heterocycles. The molecule has 0 aromatic carbocycles. The highest BCUT2D eigenvalue weighted by Gasteiger charge is 2.21. The quantitative estimate of drug-likeness (QED) is 0.538. The summed E-state index contributed by atoms with van der Waals surface area (Å²) in [6.45, 7) is -1.24. The van der Waals surface area contributed by atoms with Crippen LogP contribution < -0.4 is 0 Å². The monoisotopic (exact) mass is 326 g/mol. The Kier molecular flexibility index (Phi) is 6.06. The molecule has 0 amide bonds. The number of nitrogens with zero attached hydrogens (tertiary/aromatic N) is 2. The first-order valence-corrected chi connectivity index (χ1v) is 12.0. The highest BCUT2D eigenvalue weighted by atomic mass is 35.9. The fourth-order valence-corrected chi connectivity index (χ4v) is 11.2. The number of halogens is 5. The van der Waals surface area contributed by atoms with E-state index in [1.807, 2.05) is 0 Å². The summed E-state index contributed by atoms with van der Waals surface area (Å²) in [7, 11) is 0. The van der Waals surface area contributed by atoms with Crippen LogP contribution in [0.25, 0.3) is 0 Å². The molecule has 0 rings (SSSR count). The Hall–Kier alpha value is 2.01. The third-order valence-corrected chi connectivity index (χ3v) is 8.32. The van der Waals surface area contributed by atoms with Crippen LogP contribution in [0.15, 0.2) is 9.03 Å². The number of rotatable bonds is 2. The van der Waals surface area contributed by atoms with Crippen molar-refractivity contribution >= 4 is 75.1 Å². The summed E-state index contributed by atoms with van der Waals surface area (Å²) in [6.07, 6.45) is -1.60. The summed E-state index contributed by atoms with van der Waals surface area (Å²) in [6, 6.07) is 0. The Morgan fingerprint density at radius 2 is 1.67 bits per heavy atom. The zero-order valence-corrected chi connectivity index (χ0v) is 12.1. The van der Waals surface area contributed by atoms with Crippen LogP contribution >= 0.6 is 75.1 Å². The molecule has 0 aromatic rings. The number of nitrogens with one attached hydrogen (secondary N) is 1. The lowest BCUT2D eigenvalue weighted by Gasteiger charge is -2.02. The molecule has 0 aliphatic rings. The van der Waals surface area contributed by atoms with E-state index in [-0.39, 0.29) is 0 Å². The first-order valence-electron chi connectivity index (χ1n) is 2.32. The molecule has 72 valence electrons. The number of hydrogen-bond acceptors (Lipinski definition) is 1. The van der Waals surface area contributed by atoms with Gasteiger partial charge < -0.3 is 0 Å². The van der Waals surface area contributed by atoms with Gasteiger partial charge in [0.05, 0.1) is 0 Å². The molecule has 11 heteroatoms. The van der Waals surface area contributed by atoms with E-state index in [1.54, 1.807) is 0 Å². The molecule has 0 fully saturated rings. The predicted octanol–water partition coefficient (Wildman–Crippen LogP) is 6.86. The second kappa shape index (κ2) is 5.19. The molecule has 0 heterocycles. The number of hydrogen-bond donors (Lipinski definition) is 1. The summed E-state index contributed by atoms with van der Waals surface area (Å²) in [5, 5.41) is 7.26. The fourth-order valence-electron chi connectivity index (χ4n) is 0.301. The third-order valence-electron chi connectivity index (χ3n) is 0.451. The lowest BCUT2D eigenvalue weighted by molar-refractivity contribution is 1.58. The van der Waals surface area contributed by atoms with Gasteiger partial charge in [0.2, 0.25) is 22.5 Å². The van der Waals surface area contributed by atoms with Crippen LogP contribution in [-0.4, -0.2) is 6.66 Å². The van der Waals surface area contributed by atoms with E-state index in [9.17, 15) is 0 Å². The van der Waals surface area contributed by atoms with Crippen molar-refractivity contribution in [3.05, 3.63) is 0 Å². The van der Waals surface area contributed by atoms with Gasteiger partial charge in [0.25, 0.3) is 0 Å². The topological polar surface area (TPSA) is 48.6 Å². The van der Waals surface area contributed by atoms with E-state index < -0.39 is 18.9 Å². The minimum Gasteiger partial charge on any atom is -0.284 e. The van der Waals surface area contributed by atoms with Crippen LogP contribution in [0, 0.1) is 5.16 Å². The average molecular weight is 328 g/mol. The van der Waals surface area contributed by atoms with Crippen molar-refractivity contribution in [1.29, 1.82) is 5.16 Å². The van der Waals surface area contributed by atoms with Gasteiger partial charge in [-0.3, -0.25) is 5.16 Å². The minimum atomic E-state index is -2.93. The molecule has 12 heavy (non-hydrogen) atoms. The van der Waals surface area contributed by atoms with Crippen molar-refractivity contribution < 1.29 is 0 Å². The van der Waals surface area contributed by atoms with E-state index in [0.717, 1.165) is 0 Å². The Morgan fingerprint density at radius 3 is 1.92 bits per heavy atom. The van der Waals surface area contributed by atoms with Gasteiger partial charge in [-0.05, 0) is 27.0 Å². The Balaban J connectivity index is 4.99. The van der Waals surface area contributed by atoms with Crippen molar-refractivity contribution in [3.63, 3.8) is 0 Å². The maximum absolute atomic E-state index is 7.26. The van der Waals surface area contributed by atoms with E-state index in [2.05, 4.69) is 9.03 Å². The summed E-state index contributed by atoms with van der Waals surface area (Å²) < 4.78 is 7.24. The Labute approximate surface area is 95.5 Å². The molecule has 0 aliphatic carbocycles. The van der Waals surface area contributed by atoms with Gasteiger partial charge in [-0.15, -0.1) is 0 Å². The first kappa shape index (κ1) is 14.0. The maximum atomic E-state index is 7.26. The van der Waals surface area contributed by atoms with E-state index in [1.165, 1.54) is 6.66 Å². The molecule has 1 unspecified atom stereocenters. The molecule has 0 radical (unpaired) electrons. The Bertz CT molecular complexity index is 280. The highest BCUT2D eigenvalue weighted by Crippen LogP contribution is 2.73. The SMILES string of the molecule is CP(=N)(Cl)N=P(Cl)(Cl)N=[P+](Cl)Cl. The van der Waals surface area contributed by atoms with Crippen LogP contribution in [0.1, 0.15) is 0 Å². The van der Waals surface area contributed by atoms with E-state index in [0.29, 0.717) is 0 Å². The fraction of sp³-hybridized carbons (Fsp3) is 1.00. The highest BCUT2D eigenvalue weighted by molar-refractivity contribution is 8.16. The molecule has 3 nitrogen and oxygen atoms in total. The first-order chi connectivity index (χ1) is 5.12. The van der Waals surface area contributed by atoms with Crippen molar-refractivity contribution in [2.45, 2.75) is 0 Å². The van der Waals surface area contributed by atoms with Crippen LogP contribution in [0.4, 0.5) is 0 Å². The van der Waals surface area contributed by atoms with Crippen molar-refractivity contribution in [2.75, 3.05) is 6.66 Å². The Morgan fingerprint density at radius 1 is 1.25 bits per heavy atom. The molecule has 0 saturated heterocycles. The molecule has 0 bridgehead atoms. The van der Waals surface area contributed by atoms with Crippen LogP contribution in [0.5, 0.6) is 0 Å². The second-order valence-corrected chi connectivity index (χ2v) is 13.9. The molecule has 0 spiro atoms. The van der Waals surface area contributed by atoms with E-state index in [4.69, 9.17) is 61.4 Å². The lowest BCUT2D eigenvalue weighted by atomic mass is 12.0. The second-order valence-electron chi connectivity index (χ2n) is 1.70. The summed E-state index contributed by atoms with van der Waals surface area (Å²) in [5.74, 6) is -2.93.